The molecule has 1 aromatic heterocycles. The minimum Gasteiger partial charge on any atom is -0.240 e. The quantitative estimate of drug-likeness (QED) is 0.755. The number of aromatic nitrogens is 2. The topological polar surface area (TPSA) is 65.4 Å². The SMILES string of the molecule is N#CC(C#N)=Cc1cc(F)ccc1-n1cccn1. The summed E-state index contributed by atoms with van der Waals surface area (Å²) in [7, 11) is 0. The summed E-state index contributed by atoms with van der Waals surface area (Å²) >= 11 is 0. The van der Waals surface area contributed by atoms with Crippen molar-refractivity contribution in [3.05, 3.63) is 53.6 Å². The maximum atomic E-state index is 13.2. The second-order valence-electron chi connectivity index (χ2n) is 3.44. The van der Waals surface area contributed by atoms with Gasteiger partial charge in [-0.15, -0.1) is 0 Å². The number of halogens is 1. The second-order valence-corrected chi connectivity index (χ2v) is 3.44. The highest BCUT2D eigenvalue weighted by atomic mass is 19.1. The van der Waals surface area contributed by atoms with Crippen LogP contribution in [0.25, 0.3) is 11.8 Å². The molecule has 0 spiro atoms. The van der Waals surface area contributed by atoms with Crippen molar-refractivity contribution in [1.29, 1.82) is 10.5 Å². The molecule has 0 fully saturated rings. The fraction of sp³-hybridized carbons (Fsp3) is 0. The summed E-state index contributed by atoms with van der Waals surface area (Å²) in [6.07, 6.45) is 4.62. The zero-order chi connectivity index (χ0) is 13.0. The maximum Gasteiger partial charge on any atom is 0.130 e. The number of nitriles is 2. The van der Waals surface area contributed by atoms with Gasteiger partial charge in [-0.25, -0.2) is 9.07 Å². The third-order valence-electron chi connectivity index (χ3n) is 2.28. The number of benzene rings is 1. The van der Waals surface area contributed by atoms with E-state index >= 15 is 0 Å². The standard InChI is InChI=1S/C13H7FN4/c14-12-2-3-13(18-5-1-4-17-18)11(7-12)6-10(8-15)9-16/h1-7H. The Bertz CT molecular complexity index is 656. The first-order chi connectivity index (χ1) is 8.74. The van der Waals surface area contributed by atoms with E-state index in [-0.39, 0.29) is 5.57 Å². The lowest BCUT2D eigenvalue weighted by Crippen LogP contribution is -1.98. The van der Waals surface area contributed by atoms with Crippen molar-refractivity contribution < 1.29 is 4.39 Å². The van der Waals surface area contributed by atoms with Gasteiger partial charge in [0.15, 0.2) is 0 Å². The molecule has 0 aliphatic heterocycles. The fourth-order valence-electron chi connectivity index (χ4n) is 1.51. The molecule has 18 heavy (non-hydrogen) atoms. The lowest BCUT2D eigenvalue weighted by molar-refractivity contribution is 0.626. The third kappa shape index (κ3) is 2.26. The Morgan fingerprint density at radius 3 is 2.72 bits per heavy atom. The molecule has 0 aliphatic carbocycles. The van der Waals surface area contributed by atoms with Gasteiger partial charge in [-0.3, -0.25) is 0 Å². The van der Waals surface area contributed by atoms with E-state index in [0.717, 1.165) is 0 Å². The van der Waals surface area contributed by atoms with Crippen molar-refractivity contribution in [2.75, 3.05) is 0 Å². The molecule has 0 amide bonds. The van der Waals surface area contributed by atoms with E-state index in [0.29, 0.717) is 11.3 Å². The predicted octanol–water partition coefficient (Wildman–Crippen LogP) is 2.44. The highest BCUT2D eigenvalue weighted by molar-refractivity contribution is 5.68. The summed E-state index contributed by atoms with van der Waals surface area (Å²) in [5, 5.41) is 21.5. The Balaban J connectivity index is 2.60. The van der Waals surface area contributed by atoms with Crippen LogP contribution in [0.2, 0.25) is 0 Å². The van der Waals surface area contributed by atoms with Gasteiger partial charge >= 0.3 is 0 Å². The van der Waals surface area contributed by atoms with Crippen LogP contribution < -0.4 is 0 Å². The minimum absolute atomic E-state index is 0.0889. The van der Waals surface area contributed by atoms with Gasteiger partial charge in [0.25, 0.3) is 0 Å². The smallest absolute Gasteiger partial charge is 0.130 e. The summed E-state index contributed by atoms with van der Waals surface area (Å²) in [5.41, 5.74) is 0.940. The Hall–Kier alpha value is -2.92. The van der Waals surface area contributed by atoms with Crippen molar-refractivity contribution in [3.63, 3.8) is 0 Å². The van der Waals surface area contributed by atoms with Crippen molar-refractivity contribution in [3.8, 4) is 17.8 Å². The molecule has 2 aromatic rings. The van der Waals surface area contributed by atoms with E-state index in [1.165, 1.54) is 22.9 Å². The molecule has 86 valence electrons. The Kier molecular flexibility index (Phi) is 3.17. The monoisotopic (exact) mass is 238 g/mol. The largest absolute Gasteiger partial charge is 0.240 e. The summed E-state index contributed by atoms with van der Waals surface area (Å²) in [6.45, 7) is 0. The van der Waals surface area contributed by atoms with Gasteiger partial charge in [0.2, 0.25) is 0 Å². The maximum absolute atomic E-state index is 13.2. The third-order valence-corrected chi connectivity index (χ3v) is 2.28. The van der Waals surface area contributed by atoms with Crippen molar-refractivity contribution in [1.82, 2.24) is 9.78 Å². The van der Waals surface area contributed by atoms with Gasteiger partial charge < -0.3 is 0 Å². The van der Waals surface area contributed by atoms with E-state index in [9.17, 15) is 4.39 Å². The van der Waals surface area contributed by atoms with Gasteiger partial charge in [-0.2, -0.15) is 15.6 Å². The van der Waals surface area contributed by atoms with Crippen molar-refractivity contribution in [2.45, 2.75) is 0 Å². The van der Waals surface area contributed by atoms with Crippen LogP contribution in [0.5, 0.6) is 0 Å². The Morgan fingerprint density at radius 2 is 2.11 bits per heavy atom. The van der Waals surface area contributed by atoms with Crippen LogP contribution in [-0.2, 0) is 0 Å². The van der Waals surface area contributed by atoms with Crippen LogP contribution in [0.15, 0.2) is 42.2 Å². The first kappa shape index (κ1) is 11.6. The van der Waals surface area contributed by atoms with E-state index in [4.69, 9.17) is 10.5 Å². The number of allylic oxidation sites excluding steroid dienone is 1. The lowest BCUT2D eigenvalue weighted by Gasteiger charge is -2.06. The van der Waals surface area contributed by atoms with Crippen LogP contribution in [0.1, 0.15) is 5.56 Å². The second kappa shape index (κ2) is 4.94. The van der Waals surface area contributed by atoms with E-state index in [1.54, 1.807) is 36.7 Å². The molecule has 1 heterocycles. The molecule has 4 nitrogen and oxygen atoms in total. The van der Waals surface area contributed by atoms with Crippen LogP contribution in [0.4, 0.5) is 4.39 Å². The van der Waals surface area contributed by atoms with E-state index < -0.39 is 5.82 Å². The number of nitrogens with zero attached hydrogens (tertiary/aromatic N) is 4. The molecule has 5 heteroatoms. The number of hydrogen-bond donors (Lipinski definition) is 0. The van der Waals surface area contributed by atoms with E-state index in [2.05, 4.69) is 5.10 Å². The number of rotatable bonds is 2. The molecule has 0 radical (unpaired) electrons. The van der Waals surface area contributed by atoms with Crippen LogP contribution in [-0.4, -0.2) is 9.78 Å². The molecule has 2 rings (SSSR count). The normalized spacial score (nSPS) is 9.28. The minimum atomic E-state index is -0.438. The average molecular weight is 238 g/mol. The highest BCUT2D eigenvalue weighted by Gasteiger charge is 2.06. The Labute approximate surface area is 103 Å². The van der Waals surface area contributed by atoms with Gasteiger partial charge in [0, 0.05) is 18.0 Å². The molecule has 0 aliphatic rings. The number of hydrogen-bond acceptors (Lipinski definition) is 3. The van der Waals surface area contributed by atoms with Crippen molar-refractivity contribution in [2.24, 2.45) is 0 Å². The average Bonchev–Trinajstić information content (AvgIpc) is 2.89. The first-order valence-electron chi connectivity index (χ1n) is 5.06. The lowest BCUT2D eigenvalue weighted by atomic mass is 10.1. The highest BCUT2D eigenvalue weighted by Crippen LogP contribution is 2.18. The van der Waals surface area contributed by atoms with Gasteiger partial charge in [0.1, 0.15) is 23.5 Å². The summed E-state index contributed by atoms with van der Waals surface area (Å²) in [6, 6.07) is 9.30. The first-order valence-corrected chi connectivity index (χ1v) is 5.06. The molecular weight excluding hydrogens is 231 g/mol. The van der Waals surface area contributed by atoms with Crippen molar-refractivity contribution >= 4 is 6.08 Å². The molecular formula is C13H7FN4. The van der Waals surface area contributed by atoms with Gasteiger partial charge in [-0.1, -0.05) is 0 Å². The zero-order valence-corrected chi connectivity index (χ0v) is 9.21. The fourth-order valence-corrected chi connectivity index (χ4v) is 1.51. The summed E-state index contributed by atoms with van der Waals surface area (Å²) in [4.78, 5) is 0. The van der Waals surface area contributed by atoms with Gasteiger partial charge in [0.05, 0.1) is 5.69 Å². The van der Waals surface area contributed by atoms with Crippen LogP contribution in [0, 0.1) is 28.5 Å². The Morgan fingerprint density at radius 1 is 1.33 bits per heavy atom. The zero-order valence-electron chi connectivity index (χ0n) is 9.21. The van der Waals surface area contributed by atoms with E-state index in [1.807, 2.05) is 0 Å². The molecule has 0 unspecified atom stereocenters. The van der Waals surface area contributed by atoms with Crippen LogP contribution >= 0.6 is 0 Å². The van der Waals surface area contributed by atoms with Gasteiger partial charge in [-0.05, 0) is 30.3 Å². The molecule has 0 saturated carbocycles. The van der Waals surface area contributed by atoms with Crippen LogP contribution in [0.3, 0.4) is 0 Å². The summed E-state index contributed by atoms with van der Waals surface area (Å²) in [5.74, 6) is -0.438. The predicted molar refractivity (Wildman–Crippen MR) is 62.7 cm³/mol. The summed E-state index contributed by atoms with van der Waals surface area (Å²) < 4.78 is 14.8. The molecule has 0 atom stereocenters. The molecule has 0 N–H and O–H groups in total. The molecule has 0 saturated heterocycles. The molecule has 0 bridgehead atoms. The molecule has 1 aromatic carbocycles.